The van der Waals surface area contributed by atoms with Gasteiger partial charge in [-0.15, -0.1) is 0 Å². The monoisotopic (exact) mass is 313 g/mol. The van der Waals surface area contributed by atoms with Crippen molar-refractivity contribution in [2.24, 2.45) is 0 Å². The third kappa shape index (κ3) is 3.25. The van der Waals surface area contributed by atoms with Crippen LogP contribution in [0.25, 0.3) is 0 Å². The lowest BCUT2D eigenvalue weighted by molar-refractivity contribution is 0.150. The Labute approximate surface area is 114 Å². The van der Waals surface area contributed by atoms with Crippen molar-refractivity contribution in [3.8, 4) is 0 Å². The minimum Gasteiger partial charge on any atom is -0.468 e. The molecule has 0 aromatic carbocycles. The van der Waals surface area contributed by atoms with Crippen molar-refractivity contribution >= 4 is 15.9 Å². The normalized spacial score (nSPS) is 14.6. The van der Waals surface area contributed by atoms with Crippen LogP contribution in [0.5, 0.6) is 0 Å². The zero-order valence-electron chi connectivity index (χ0n) is 10.4. The maximum Gasteiger partial charge on any atom is 0.169 e. The molecule has 0 aliphatic rings. The van der Waals surface area contributed by atoms with Gasteiger partial charge in [-0.1, -0.05) is 0 Å². The second-order valence-electron chi connectivity index (χ2n) is 4.05. The molecule has 0 spiro atoms. The second-order valence-corrected chi connectivity index (χ2v) is 4.84. The van der Waals surface area contributed by atoms with Crippen LogP contribution in [-0.2, 0) is 4.74 Å². The summed E-state index contributed by atoms with van der Waals surface area (Å²) in [7, 11) is 1.67. The zero-order valence-corrected chi connectivity index (χ0v) is 11.9. The summed E-state index contributed by atoms with van der Waals surface area (Å²) < 4.78 is 16.9. The third-order valence-corrected chi connectivity index (χ3v) is 3.12. The molecule has 2 aromatic rings. The van der Waals surface area contributed by atoms with Crippen LogP contribution in [0.1, 0.15) is 30.5 Å². The molecule has 98 valence electrons. The van der Waals surface area contributed by atoms with E-state index >= 15 is 0 Å². The fourth-order valence-electron chi connectivity index (χ4n) is 1.81. The fourth-order valence-corrected chi connectivity index (χ4v) is 2.13. The van der Waals surface area contributed by atoms with E-state index in [1.807, 2.05) is 31.2 Å². The van der Waals surface area contributed by atoms with E-state index in [4.69, 9.17) is 13.6 Å². The topological polar surface area (TPSA) is 47.5 Å². The molecule has 0 saturated heterocycles. The molecule has 2 unspecified atom stereocenters. The van der Waals surface area contributed by atoms with Crippen LogP contribution in [0.2, 0.25) is 0 Å². The Kier molecular flexibility index (Phi) is 4.63. The lowest BCUT2D eigenvalue weighted by Gasteiger charge is -2.19. The minimum absolute atomic E-state index is 0.00359. The molecular formula is C13H16BrNO3. The van der Waals surface area contributed by atoms with Gasteiger partial charge in [-0.25, -0.2) is 0 Å². The van der Waals surface area contributed by atoms with E-state index in [1.54, 1.807) is 13.4 Å². The molecule has 0 saturated carbocycles. The Morgan fingerprint density at radius 3 is 2.72 bits per heavy atom. The number of halogens is 1. The van der Waals surface area contributed by atoms with Crippen LogP contribution in [0.15, 0.2) is 44.0 Å². The van der Waals surface area contributed by atoms with Gasteiger partial charge in [0.25, 0.3) is 0 Å². The minimum atomic E-state index is 0.00359. The Hall–Kier alpha value is -1.04. The fraction of sp³-hybridized carbons (Fsp3) is 0.385. The molecule has 18 heavy (non-hydrogen) atoms. The second kappa shape index (κ2) is 6.22. The van der Waals surface area contributed by atoms with Crippen LogP contribution < -0.4 is 5.32 Å². The molecule has 1 N–H and O–H groups in total. The highest BCUT2D eigenvalue weighted by molar-refractivity contribution is 9.10. The number of rotatable bonds is 6. The predicted molar refractivity (Wildman–Crippen MR) is 71.3 cm³/mol. The molecule has 0 amide bonds. The Morgan fingerprint density at radius 1 is 1.33 bits per heavy atom. The van der Waals surface area contributed by atoms with E-state index < -0.39 is 0 Å². The van der Waals surface area contributed by atoms with Crippen LogP contribution in [0.4, 0.5) is 0 Å². The van der Waals surface area contributed by atoms with Gasteiger partial charge < -0.3 is 13.6 Å². The first-order chi connectivity index (χ1) is 8.70. The lowest BCUT2D eigenvalue weighted by atomic mass is 10.2. The molecule has 5 heteroatoms. The molecule has 2 heterocycles. The van der Waals surface area contributed by atoms with Gasteiger partial charge in [0.15, 0.2) is 4.67 Å². The molecule has 2 aromatic heterocycles. The van der Waals surface area contributed by atoms with Gasteiger partial charge in [-0.3, -0.25) is 5.32 Å². The molecule has 4 nitrogen and oxygen atoms in total. The summed E-state index contributed by atoms with van der Waals surface area (Å²) in [4.78, 5) is 0. The Balaban J connectivity index is 2.05. The van der Waals surface area contributed by atoms with Gasteiger partial charge in [0, 0.05) is 7.11 Å². The van der Waals surface area contributed by atoms with Crippen LogP contribution >= 0.6 is 15.9 Å². The number of hydrogen-bond acceptors (Lipinski definition) is 4. The van der Waals surface area contributed by atoms with Gasteiger partial charge in [0.2, 0.25) is 0 Å². The van der Waals surface area contributed by atoms with Crippen molar-refractivity contribution in [2.75, 3.05) is 13.7 Å². The highest BCUT2D eigenvalue weighted by Crippen LogP contribution is 2.23. The molecule has 0 aliphatic carbocycles. The molecule has 0 aliphatic heterocycles. The first kappa shape index (κ1) is 13.4. The van der Waals surface area contributed by atoms with Crippen LogP contribution in [-0.4, -0.2) is 13.7 Å². The van der Waals surface area contributed by atoms with Crippen LogP contribution in [0.3, 0.4) is 0 Å². The maximum absolute atomic E-state index is 5.52. The molecule has 0 bridgehead atoms. The number of furan rings is 2. The third-order valence-electron chi connectivity index (χ3n) is 2.69. The summed E-state index contributed by atoms with van der Waals surface area (Å²) >= 11 is 3.30. The van der Waals surface area contributed by atoms with E-state index in [0.29, 0.717) is 6.61 Å². The summed E-state index contributed by atoms with van der Waals surface area (Å²) in [5, 5.41) is 3.42. The number of nitrogens with one attached hydrogen (secondary N) is 1. The van der Waals surface area contributed by atoms with Crippen molar-refractivity contribution in [1.29, 1.82) is 0 Å². The largest absolute Gasteiger partial charge is 0.468 e. The average molecular weight is 314 g/mol. The van der Waals surface area contributed by atoms with Gasteiger partial charge in [0.05, 0.1) is 25.0 Å². The predicted octanol–water partition coefficient (Wildman–Crippen LogP) is 3.67. The van der Waals surface area contributed by atoms with E-state index in [2.05, 4.69) is 21.2 Å². The highest BCUT2D eigenvalue weighted by Gasteiger charge is 2.19. The number of methoxy groups -OCH3 is 1. The smallest absolute Gasteiger partial charge is 0.169 e. The quantitative estimate of drug-likeness (QED) is 0.884. The average Bonchev–Trinajstić information content (AvgIpc) is 2.98. The Morgan fingerprint density at radius 2 is 2.17 bits per heavy atom. The molecule has 2 rings (SSSR count). The molecule has 2 atom stereocenters. The highest BCUT2D eigenvalue weighted by atomic mass is 79.9. The van der Waals surface area contributed by atoms with E-state index in [0.717, 1.165) is 16.2 Å². The van der Waals surface area contributed by atoms with Gasteiger partial charge >= 0.3 is 0 Å². The first-order valence-electron chi connectivity index (χ1n) is 5.74. The van der Waals surface area contributed by atoms with E-state index in [-0.39, 0.29) is 12.1 Å². The van der Waals surface area contributed by atoms with Crippen molar-refractivity contribution in [1.82, 2.24) is 5.32 Å². The maximum atomic E-state index is 5.52. The number of hydrogen-bond donors (Lipinski definition) is 1. The Bertz CT molecular complexity index is 466. The van der Waals surface area contributed by atoms with Gasteiger partial charge in [-0.2, -0.15) is 0 Å². The summed E-state index contributed by atoms with van der Waals surface area (Å²) in [6.45, 7) is 2.58. The summed E-state index contributed by atoms with van der Waals surface area (Å²) in [5.74, 6) is 1.73. The zero-order chi connectivity index (χ0) is 13.0. The first-order valence-corrected chi connectivity index (χ1v) is 6.53. The van der Waals surface area contributed by atoms with Crippen molar-refractivity contribution in [3.63, 3.8) is 0 Å². The summed E-state index contributed by atoms with van der Waals surface area (Å²) in [5.41, 5.74) is 0. The lowest BCUT2D eigenvalue weighted by Crippen LogP contribution is -2.27. The standard InChI is InChI=1S/C13H16BrNO3/c1-9(11-5-6-13(14)18-11)15-10(8-16-2)12-4-3-7-17-12/h3-7,9-10,15H,8H2,1-2H3. The van der Waals surface area contributed by atoms with Crippen molar-refractivity contribution < 1.29 is 13.6 Å². The van der Waals surface area contributed by atoms with Crippen molar-refractivity contribution in [3.05, 3.63) is 46.7 Å². The number of ether oxygens (including phenoxy) is 1. The SMILES string of the molecule is COCC(NC(C)c1ccc(Br)o1)c1ccco1. The van der Waals surface area contributed by atoms with Gasteiger partial charge in [0.1, 0.15) is 11.5 Å². The van der Waals surface area contributed by atoms with E-state index in [9.17, 15) is 0 Å². The molecular weight excluding hydrogens is 298 g/mol. The van der Waals surface area contributed by atoms with Crippen molar-refractivity contribution in [2.45, 2.75) is 19.0 Å². The van der Waals surface area contributed by atoms with E-state index in [1.165, 1.54) is 0 Å². The van der Waals surface area contributed by atoms with Crippen LogP contribution in [0, 0.1) is 0 Å². The summed E-state index contributed by atoms with van der Waals surface area (Å²) in [6, 6.07) is 7.69. The molecule has 0 radical (unpaired) electrons. The van der Waals surface area contributed by atoms with Gasteiger partial charge in [-0.05, 0) is 47.1 Å². The summed E-state index contributed by atoms with van der Waals surface area (Å²) in [6.07, 6.45) is 1.66. The molecule has 0 fully saturated rings.